The van der Waals surface area contributed by atoms with Crippen LogP contribution in [0.2, 0.25) is 0 Å². The number of methoxy groups -OCH3 is 1. The third kappa shape index (κ3) is 4.92. The van der Waals surface area contributed by atoms with Gasteiger partial charge < -0.3 is 15.0 Å². The summed E-state index contributed by atoms with van der Waals surface area (Å²) in [6, 6.07) is 8.25. The molecule has 0 spiro atoms. The Morgan fingerprint density at radius 2 is 1.81 bits per heavy atom. The highest BCUT2D eigenvalue weighted by Gasteiger charge is 2.28. The van der Waals surface area contributed by atoms with Crippen LogP contribution in [-0.2, 0) is 0 Å². The SMILES string of the molecule is CCCNCC(CC)(CC)CN(C)c1ccccc1OC. The minimum Gasteiger partial charge on any atom is -0.495 e. The Labute approximate surface area is 130 Å². The second-order valence-corrected chi connectivity index (χ2v) is 5.91. The predicted octanol–water partition coefficient (Wildman–Crippen LogP) is 3.94. The number of benzene rings is 1. The van der Waals surface area contributed by atoms with Gasteiger partial charge in [-0.15, -0.1) is 0 Å². The van der Waals surface area contributed by atoms with Crippen LogP contribution in [0.25, 0.3) is 0 Å². The first-order valence-electron chi connectivity index (χ1n) is 8.17. The van der Waals surface area contributed by atoms with Gasteiger partial charge in [0.15, 0.2) is 0 Å². The fraction of sp³-hybridized carbons (Fsp3) is 0.667. The number of nitrogens with one attached hydrogen (secondary N) is 1. The molecule has 1 aromatic rings. The molecule has 0 saturated heterocycles. The molecule has 0 amide bonds. The molecule has 0 heterocycles. The second-order valence-electron chi connectivity index (χ2n) is 5.91. The van der Waals surface area contributed by atoms with Crippen molar-refractivity contribution < 1.29 is 4.74 Å². The van der Waals surface area contributed by atoms with Gasteiger partial charge in [-0.2, -0.15) is 0 Å². The molecule has 0 aliphatic heterocycles. The lowest BCUT2D eigenvalue weighted by molar-refractivity contribution is 0.255. The zero-order chi connectivity index (χ0) is 15.7. The average molecular weight is 292 g/mol. The van der Waals surface area contributed by atoms with Gasteiger partial charge in [0, 0.05) is 20.1 Å². The summed E-state index contributed by atoms with van der Waals surface area (Å²) < 4.78 is 5.49. The van der Waals surface area contributed by atoms with Gasteiger partial charge in [0.05, 0.1) is 12.8 Å². The van der Waals surface area contributed by atoms with Crippen molar-refractivity contribution in [2.75, 3.05) is 38.7 Å². The molecule has 0 atom stereocenters. The van der Waals surface area contributed by atoms with Gasteiger partial charge in [-0.3, -0.25) is 0 Å². The predicted molar refractivity (Wildman–Crippen MR) is 92.4 cm³/mol. The standard InChI is InChI=1S/C18H32N2O/c1-6-13-19-14-18(7-2,8-3)15-20(4)16-11-9-10-12-17(16)21-5/h9-12,19H,6-8,13-15H2,1-5H3. The molecule has 0 radical (unpaired) electrons. The first-order valence-corrected chi connectivity index (χ1v) is 8.17. The summed E-state index contributed by atoms with van der Waals surface area (Å²) in [6.07, 6.45) is 3.55. The fourth-order valence-electron chi connectivity index (χ4n) is 2.84. The van der Waals surface area contributed by atoms with Crippen LogP contribution >= 0.6 is 0 Å². The molecule has 21 heavy (non-hydrogen) atoms. The van der Waals surface area contributed by atoms with E-state index in [4.69, 9.17) is 4.74 Å². The highest BCUT2D eigenvalue weighted by Crippen LogP contribution is 2.32. The molecule has 0 aliphatic carbocycles. The van der Waals surface area contributed by atoms with Crippen LogP contribution < -0.4 is 15.0 Å². The van der Waals surface area contributed by atoms with E-state index in [0.29, 0.717) is 5.41 Å². The maximum absolute atomic E-state index is 5.49. The number of ether oxygens (including phenoxy) is 1. The number of anilines is 1. The van der Waals surface area contributed by atoms with E-state index in [-0.39, 0.29) is 0 Å². The third-order valence-electron chi connectivity index (χ3n) is 4.50. The van der Waals surface area contributed by atoms with Gasteiger partial charge in [0.2, 0.25) is 0 Å². The van der Waals surface area contributed by atoms with Crippen LogP contribution in [-0.4, -0.2) is 33.8 Å². The molecule has 1 aromatic carbocycles. The second kappa shape index (κ2) is 8.93. The molecule has 3 nitrogen and oxygen atoms in total. The van der Waals surface area contributed by atoms with Crippen molar-refractivity contribution in [3.63, 3.8) is 0 Å². The molecular formula is C18H32N2O. The van der Waals surface area contributed by atoms with Crippen molar-refractivity contribution in [1.82, 2.24) is 5.32 Å². The lowest BCUT2D eigenvalue weighted by Gasteiger charge is -2.37. The smallest absolute Gasteiger partial charge is 0.142 e. The van der Waals surface area contributed by atoms with Crippen LogP contribution in [0.15, 0.2) is 24.3 Å². The summed E-state index contributed by atoms with van der Waals surface area (Å²) >= 11 is 0. The Bertz CT molecular complexity index is 402. The first kappa shape index (κ1) is 17.8. The van der Waals surface area contributed by atoms with E-state index >= 15 is 0 Å². The Morgan fingerprint density at radius 1 is 1.14 bits per heavy atom. The highest BCUT2D eigenvalue weighted by atomic mass is 16.5. The van der Waals surface area contributed by atoms with Crippen LogP contribution in [0.3, 0.4) is 0 Å². The van der Waals surface area contributed by atoms with Crippen LogP contribution in [0.1, 0.15) is 40.0 Å². The number of para-hydroxylation sites is 2. The molecule has 0 aliphatic rings. The average Bonchev–Trinajstić information content (AvgIpc) is 2.53. The summed E-state index contributed by atoms with van der Waals surface area (Å²) in [5.41, 5.74) is 1.48. The van der Waals surface area contributed by atoms with Gasteiger partial charge in [-0.25, -0.2) is 0 Å². The molecule has 0 bridgehead atoms. The Kier molecular flexibility index (Phi) is 7.58. The summed E-state index contributed by atoms with van der Waals surface area (Å²) in [4.78, 5) is 2.33. The summed E-state index contributed by atoms with van der Waals surface area (Å²) in [6.45, 7) is 10.0. The molecule has 1 rings (SSSR count). The van der Waals surface area contributed by atoms with Crippen LogP contribution in [0.5, 0.6) is 5.75 Å². The maximum atomic E-state index is 5.49. The summed E-state index contributed by atoms with van der Waals surface area (Å²) in [7, 11) is 3.90. The number of rotatable bonds is 10. The normalized spacial score (nSPS) is 11.5. The topological polar surface area (TPSA) is 24.5 Å². The van der Waals surface area contributed by atoms with E-state index in [1.54, 1.807) is 7.11 Å². The van der Waals surface area contributed by atoms with Gasteiger partial charge >= 0.3 is 0 Å². The lowest BCUT2D eigenvalue weighted by Crippen LogP contribution is -2.42. The summed E-state index contributed by atoms with van der Waals surface area (Å²) in [5, 5.41) is 3.61. The van der Waals surface area contributed by atoms with E-state index in [9.17, 15) is 0 Å². The molecule has 0 aromatic heterocycles. The van der Waals surface area contributed by atoms with Crippen molar-refractivity contribution in [3.8, 4) is 5.75 Å². The Hall–Kier alpha value is -1.22. The lowest BCUT2D eigenvalue weighted by atomic mass is 9.81. The molecule has 0 unspecified atom stereocenters. The largest absolute Gasteiger partial charge is 0.495 e. The van der Waals surface area contributed by atoms with Crippen molar-refractivity contribution in [1.29, 1.82) is 0 Å². The third-order valence-corrected chi connectivity index (χ3v) is 4.50. The van der Waals surface area contributed by atoms with E-state index in [1.807, 2.05) is 12.1 Å². The van der Waals surface area contributed by atoms with Crippen LogP contribution in [0.4, 0.5) is 5.69 Å². The van der Waals surface area contributed by atoms with Crippen molar-refractivity contribution in [3.05, 3.63) is 24.3 Å². The molecule has 0 fully saturated rings. The van der Waals surface area contributed by atoms with Gasteiger partial charge in [-0.1, -0.05) is 32.9 Å². The first-order chi connectivity index (χ1) is 10.1. The zero-order valence-corrected chi connectivity index (χ0v) is 14.4. The van der Waals surface area contributed by atoms with E-state index in [1.165, 1.54) is 24.9 Å². The number of nitrogens with zero attached hydrogens (tertiary/aromatic N) is 1. The zero-order valence-electron chi connectivity index (χ0n) is 14.4. The molecule has 0 saturated carbocycles. The van der Waals surface area contributed by atoms with E-state index in [0.717, 1.165) is 25.4 Å². The fourth-order valence-corrected chi connectivity index (χ4v) is 2.84. The monoisotopic (exact) mass is 292 g/mol. The molecule has 3 heteroatoms. The number of hydrogen-bond donors (Lipinski definition) is 1. The molecule has 1 N–H and O–H groups in total. The quantitative estimate of drug-likeness (QED) is 0.661. The van der Waals surface area contributed by atoms with E-state index < -0.39 is 0 Å². The van der Waals surface area contributed by atoms with Gasteiger partial charge in [0.25, 0.3) is 0 Å². The van der Waals surface area contributed by atoms with Crippen LogP contribution in [0, 0.1) is 5.41 Å². The van der Waals surface area contributed by atoms with Gasteiger partial charge in [0.1, 0.15) is 5.75 Å². The summed E-state index contributed by atoms with van der Waals surface area (Å²) in [5.74, 6) is 0.947. The molecular weight excluding hydrogens is 260 g/mol. The highest BCUT2D eigenvalue weighted by molar-refractivity contribution is 5.58. The molecule has 120 valence electrons. The maximum Gasteiger partial charge on any atom is 0.142 e. The minimum atomic E-state index is 0.310. The van der Waals surface area contributed by atoms with Gasteiger partial charge in [-0.05, 0) is 43.4 Å². The number of hydrogen-bond acceptors (Lipinski definition) is 3. The minimum absolute atomic E-state index is 0.310. The van der Waals surface area contributed by atoms with Crippen molar-refractivity contribution in [2.24, 2.45) is 5.41 Å². The Morgan fingerprint density at radius 3 is 2.38 bits per heavy atom. The van der Waals surface area contributed by atoms with Crippen molar-refractivity contribution in [2.45, 2.75) is 40.0 Å². The Balaban J connectivity index is 2.82. The van der Waals surface area contributed by atoms with Crippen molar-refractivity contribution >= 4 is 5.69 Å². The van der Waals surface area contributed by atoms with E-state index in [2.05, 4.69) is 50.2 Å².